The van der Waals surface area contributed by atoms with Crippen molar-refractivity contribution in [2.24, 2.45) is 11.8 Å². The zero-order chi connectivity index (χ0) is 26.8. The number of hydrogen-bond acceptors (Lipinski definition) is 4. The van der Waals surface area contributed by atoms with Gasteiger partial charge in [-0.15, -0.1) is 0 Å². The largest absolute Gasteiger partial charge is 0.508 e. The quantitative estimate of drug-likeness (QED) is 0.461. The molecule has 2 heterocycles. The highest BCUT2D eigenvalue weighted by Crippen LogP contribution is 2.57. The van der Waals surface area contributed by atoms with Crippen molar-refractivity contribution in [2.75, 3.05) is 34.3 Å². The van der Waals surface area contributed by atoms with Gasteiger partial charge in [-0.05, 0) is 137 Å². The Hall–Kier alpha value is -2.04. The van der Waals surface area contributed by atoms with Gasteiger partial charge in [0.1, 0.15) is 11.5 Å². The number of phenols is 1. The number of aromatic hydroxyl groups is 1. The minimum absolute atomic E-state index is 0.377. The summed E-state index contributed by atoms with van der Waals surface area (Å²) in [5.74, 6) is 3.18. The van der Waals surface area contributed by atoms with Crippen LogP contribution in [0.5, 0.6) is 11.5 Å². The highest BCUT2D eigenvalue weighted by molar-refractivity contribution is 5.46. The van der Waals surface area contributed by atoms with Crippen molar-refractivity contribution in [1.29, 1.82) is 0 Å². The first-order chi connectivity index (χ1) is 18.9. The molecule has 0 aromatic heterocycles. The molecule has 4 nitrogen and oxygen atoms in total. The topological polar surface area (TPSA) is 35.9 Å². The van der Waals surface area contributed by atoms with Crippen LogP contribution >= 0.6 is 0 Å². The smallest absolute Gasteiger partial charge is 0.119 e. The van der Waals surface area contributed by atoms with E-state index in [1.54, 1.807) is 18.2 Å². The van der Waals surface area contributed by atoms with Gasteiger partial charge >= 0.3 is 0 Å². The van der Waals surface area contributed by atoms with Crippen molar-refractivity contribution in [3.05, 3.63) is 58.7 Å². The molecule has 4 fully saturated rings. The summed E-state index contributed by atoms with van der Waals surface area (Å²) in [6.45, 7) is 2.48. The van der Waals surface area contributed by atoms with Gasteiger partial charge in [-0.1, -0.05) is 37.8 Å². The number of methoxy groups -OCH3 is 1. The molecular weight excluding hydrogens is 480 g/mol. The van der Waals surface area contributed by atoms with E-state index in [4.69, 9.17) is 4.74 Å². The Labute approximate surface area is 235 Å². The van der Waals surface area contributed by atoms with Crippen LogP contribution in [0.2, 0.25) is 0 Å². The number of ether oxygens (including phenoxy) is 1. The number of hydrogen-bond donors (Lipinski definition) is 1. The van der Waals surface area contributed by atoms with Crippen LogP contribution in [-0.2, 0) is 23.7 Å². The Kier molecular flexibility index (Phi) is 6.51. The molecule has 0 unspecified atom stereocenters. The van der Waals surface area contributed by atoms with E-state index >= 15 is 0 Å². The van der Waals surface area contributed by atoms with Crippen molar-refractivity contribution in [3.8, 4) is 11.5 Å². The second kappa shape index (κ2) is 9.80. The molecule has 210 valence electrons. The summed E-state index contributed by atoms with van der Waals surface area (Å²) in [7, 11) is 6.42. The van der Waals surface area contributed by atoms with Crippen LogP contribution in [-0.4, -0.2) is 61.3 Å². The molecule has 2 saturated carbocycles. The Morgan fingerprint density at radius 2 is 1.26 bits per heavy atom. The third-order valence-electron chi connectivity index (χ3n) is 12.4. The minimum atomic E-state index is 0.377. The van der Waals surface area contributed by atoms with E-state index in [0.717, 1.165) is 29.7 Å². The summed E-state index contributed by atoms with van der Waals surface area (Å²) in [5.41, 5.74) is 7.03. The second-order valence-corrected chi connectivity index (χ2v) is 13.9. The van der Waals surface area contributed by atoms with E-state index in [-0.39, 0.29) is 0 Å². The SMILES string of the molecule is CN1CC[C@]23CCCC[C@H]2[C@H]1Cc1ccc(O)cc13.COc1ccc2c(c1)[C@@]13CCCC[C@H]1[C@@H](C2)N(C)CC3. The number of likely N-dealkylation sites (tertiary alicyclic amines) is 2. The summed E-state index contributed by atoms with van der Waals surface area (Å²) in [6, 6.07) is 14.4. The first-order valence-corrected chi connectivity index (χ1v) is 15.9. The van der Waals surface area contributed by atoms with E-state index in [1.807, 2.05) is 6.07 Å². The average Bonchev–Trinajstić information content (AvgIpc) is 2.97. The standard InChI is InChI=1S/C18H25NO.C17H23NO/c1-19-10-9-18-8-4-3-5-15(18)17(19)11-13-6-7-14(20-2)12-16(13)18;1-18-9-8-17-7-3-2-4-14(17)16(18)10-12-5-6-13(19)11-15(12)17/h6-7,12,15,17H,3-5,8-11H2,1-2H3;5-6,11,14,16,19H,2-4,7-10H2,1H3/t15-,17+,18+;14-,16+,17+/m00/s1. The van der Waals surface area contributed by atoms with Crippen LogP contribution in [0.1, 0.15) is 86.5 Å². The van der Waals surface area contributed by atoms with Crippen LogP contribution in [0.3, 0.4) is 0 Å². The molecule has 6 atom stereocenters. The number of rotatable bonds is 1. The summed E-state index contributed by atoms with van der Waals surface area (Å²) in [6.07, 6.45) is 16.1. The van der Waals surface area contributed by atoms with Crippen LogP contribution < -0.4 is 4.74 Å². The molecule has 2 aromatic carbocycles. The average molecular weight is 529 g/mol. The molecule has 2 saturated heterocycles. The first kappa shape index (κ1) is 25.9. The van der Waals surface area contributed by atoms with Crippen LogP contribution in [0.25, 0.3) is 0 Å². The summed E-state index contributed by atoms with van der Waals surface area (Å²) in [4.78, 5) is 5.21. The number of nitrogens with zero attached hydrogens (tertiary/aromatic N) is 2. The highest BCUT2D eigenvalue weighted by Gasteiger charge is 2.54. The molecular formula is C35H48N2O2. The van der Waals surface area contributed by atoms with Crippen molar-refractivity contribution in [3.63, 3.8) is 0 Å². The molecule has 39 heavy (non-hydrogen) atoms. The Morgan fingerprint density at radius 3 is 1.82 bits per heavy atom. The normalized spacial score (nSPS) is 36.8. The maximum Gasteiger partial charge on any atom is 0.119 e. The number of phenolic OH excluding ortho intramolecular Hbond substituents is 1. The van der Waals surface area contributed by atoms with Crippen molar-refractivity contribution in [2.45, 2.75) is 100.0 Å². The van der Waals surface area contributed by atoms with E-state index in [2.05, 4.69) is 54.2 Å². The lowest BCUT2D eigenvalue weighted by Gasteiger charge is -2.58. The molecule has 1 N–H and O–H groups in total. The van der Waals surface area contributed by atoms with Crippen LogP contribution in [0.15, 0.2) is 36.4 Å². The van der Waals surface area contributed by atoms with Crippen LogP contribution in [0, 0.1) is 11.8 Å². The summed E-state index contributed by atoms with van der Waals surface area (Å²) < 4.78 is 5.51. The van der Waals surface area contributed by atoms with Gasteiger partial charge in [-0.3, -0.25) is 0 Å². The zero-order valence-electron chi connectivity index (χ0n) is 24.4. The van der Waals surface area contributed by atoms with Gasteiger partial charge in [-0.25, -0.2) is 0 Å². The highest BCUT2D eigenvalue weighted by atomic mass is 16.5. The predicted molar refractivity (Wildman–Crippen MR) is 158 cm³/mol. The molecule has 8 rings (SSSR count). The van der Waals surface area contributed by atoms with Gasteiger partial charge in [0.05, 0.1) is 7.11 Å². The number of fused-ring (bicyclic) bond motifs is 2. The lowest BCUT2D eigenvalue weighted by atomic mass is 9.52. The van der Waals surface area contributed by atoms with E-state index in [1.165, 1.54) is 101 Å². The molecule has 4 aliphatic carbocycles. The van der Waals surface area contributed by atoms with E-state index in [0.29, 0.717) is 16.6 Å². The fourth-order valence-electron chi connectivity index (χ4n) is 10.5. The van der Waals surface area contributed by atoms with Gasteiger partial charge in [-0.2, -0.15) is 0 Å². The maximum absolute atomic E-state index is 9.91. The molecule has 0 amide bonds. The maximum atomic E-state index is 9.91. The first-order valence-electron chi connectivity index (χ1n) is 15.9. The van der Waals surface area contributed by atoms with Gasteiger partial charge in [0.25, 0.3) is 0 Å². The van der Waals surface area contributed by atoms with Gasteiger partial charge < -0.3 is 19.6 Å². The molecule has 0 spiro atoms. The summed E-state index contributed by atoms with van der Waals surface area (Å²) >= 11 is 0. The number of likely N-dealkylation sites (N-methyl/N-ethyl adjacent to an activating group) is 2. The molecule has 2 aromatic rings. The Balaban J connectivity index is 0.000000130. The van der Waals surface area contributed by atoms with Gasteiger partial charge in [0.15, 0.2) is 0 Å². The number of benzene rings is 2. The summed E-state index contributed by atoms with van der Waals surface area (Å²) in [5, 5.41) is 9.91. The molecule has 0 radical (unpaired) electrons. The predicted octanol–water partition coefficient (Wildman–Crippen LogP) is 6.46. The third kappa shape index (κ3) is 3.99. The van der Waals surface area contributed by atoms with Gasteiger partial charge in [0.2, 0.25) is 0 Å². The monoisotopic (exact) mass is 528 g/mol. The lowest BCUT2D eigenvalue weighted by Crippen LogP contribution is -2.59. The van der Waals surface area contributed by atoms with E-state index in [9.17, 15) is 5.11 Å². The third-order valence-corrected chi connectivity index (χ3v) is 12.4. The Morgan fingerprint density at radius 1 is 0.718 bits per heavy atom. The number of piperidine rings is 2. The van der Waals surface area contributed by atoms with E-state index < -0.39 is 0 Å². The fraction of sp³-hybridized carbons (Fsp3) is 0.657. The van der Waals surface area contributed by atoms with Crippen molar-refractivity contribution >= 4 is 0 Å². The fourth-order valence-corrected chi connectivity index (χ4v) is 10.5. The van der Waals surface area contributed by atoms with Crippen LogP contribution in [0.4, 0.5) is 0 Å². The van der Waals surface area contributed by atoms with Gasteiger partial charge in [0, 0.05) is 22.9 Å². The zero-order valence-corrected chi connectivity index (χ0v) is 24.4. The Bertz CT molecular complexity index is 1230. The minimum Gasteiger partial charge on any atom is -0.508 e. The molecule has 2 aliphatic heterocycles. The lowest BCUT2D eigenvalue weighted by molar-refractivity contribution is 0.00272. The molecule has 6 aliphatic rings. The van der Waals surface area contributed by atoms with Crippen molar-refractivity contribution < 1.29 is 9.84 Å². The molecule has 4 heteroatoms. The van der Waals surface area contributed by atoms with Crippen molar-refractivity contribution in [1.82, 2.24) is 9.80 Å². The second-order valence-electron chi connectivity index (χ2n) is 13.9. The molecule has 4 bridgehead atoms.